The standard InChI is InChI=1S/C81H56N4Si/c1-5-22-57(23-6-1)62-24-17-25-63(52-62)58-44-48-60(49-45-58)79-82-80(84-81(83-79)69-31-19-28-66(54-69)67-29-20-32-70(55-67)85-77-42-15-13-40-75(77)76-41-14-16-43-78(76)85)61-50-46-59(47-51-61)64-26-18-27-65(53-64)68-30-21-39-74(56-68)86(71-33-7-2-8-34-71,72-35-9-3-10-36-72)73-37-11-4-12-38-73/h1-56H. The molecule has 2 aromatic heterocycles. The molecule has 15 aromatic rings. The van der Waals surface area contributed by atoms with Gasteiger partial charge in [0.05, 0.1) is 11.0 Å². The van der Waals surface area contributed by atoms with Gasteiger partial charge in [0.2, 0.25) is 0 Å². The highest BCUT2D eigenvalue weighted by atomic mass is 28.3. The van der Waals surface area contributed by atoms with Crippen LogP contribution < -0.4 is 20.7 Å². The summed E-state index contributed by atoms with van der Waals surface area (Å²) in [6, 6.07) is 123. The largest absolute Gasteiger partial charge is 0.309 e. The molecule has 13 aromatic carbocycles. The van der Waals surface area contributed by atoms with E-state index in [0.717, 1.165) is 61.3 Å². The Kier molecular flexibility index (Phi) is 13.6. The number of hydrogen-bond donors (Lipinski definition) is 0. The minimum atomic E-state index is -2.72. The maximum Gasteiger partial charge on any atom is 0.179 e. The fourth-order valence-electron chi connectivity index (χ4n) is 12.6. The molecule has 404 valence electrons. The molecule has 0 unspecified atom stereocenters. The molecular formula is C81H56N4Si. The Morgan fingerprint density at radius 2 is 0.488 bits per heavy atom. The van der Waals surface area contributed by atoms with Gasteiger partial charge in [0.15, 0.2) is 25.5 Å². The summed E-state index contributed by atoms with van der Waals surface area (Å²) in [7, 11) is -2.72. The van der Waals surface area contributed by atoms with Crippen molar-refractivity contribution in [3.05, 3.63) is 340 Å². The molecule has 0 radical (unpaired) electrons. The Morgan fingerprint density at radius 1 is 0.198 bits per heavy atom. The molecule has 0 aliphatic carbocycles. The van der Waals surface area contributed by atoms with Gasteiger partial charge in [-0.3, -0.25) is 0 Å². The summed E-state index contributed by atoms with van der Waals surface area (Å²) in [6.07, 6.45) is 0. The highest BCUT2D eigenvalue weighted by Gasteiger charge is 2.41. The second kappa shape index (κ2) is 22.6. The van der Waals surface area contributed by atoms with Crippen molar-refractivity contribution >= 4 is 50.6 Å². The van der Waals surface area contributed by atoms with Gasteiger partial charge in [-0.25, -0.2) is 15.0 Å². The normalized spacial score (nSPS) is 11.5. The zero-order chi connectivity index (χ0) is 57.2. The van der Waals surface area contributed by atoms with Gasteiger partial charge in [0.1, 0.15) is 0 Å². The fraction of sp³-hybridized carbons (Fsp3) is 0. The summed E-state index contributed by atoms with van der Waals surface area (Å²) < 4.78 is 2.37. The highest BCUT2D eigenvalue weighted by Crippen LogP contribution is 2.36. The Balaban J connectivity index is 0.789. The average Bonchev–Trinajstić information content (AvgIpc) is 2.72. The third-order valence-electron chi connectivity index (χ3n) is 16.8. The number of benzene rings is 13. The third-order valence-corrected chi connectivity index (χ3v) is 21.6. The molecule has 0 saturated carbocycles. The molecule has 0 amide bonds. The van der Waals surface area contributed by atoms with Crippen LogP contribution in [0.15, 0.2) is 340 Å². The SMILES string of the molecule is c1ccc(-c2cccc(-c3ccc(-c4nc(-c5ccc(-c6cccc(-c7cccc([Si](c8ccccc8)(c8ccccc8)c8ccccc8)c7)c6)cc5)nc(-c5cccc(-c6cccc(-n7c8ccccc8c8ccccc87)c6)c5)n4)cc3)c2)cc1. The average molecular weight is 1110 g/mol. The molecule has 0 spiro atoms. The van der Waals surface area contributed by atoms with Gasteiger partial charge in [0.25, 0.3) is 0 Å². The quantitative estimate of drug-likeness (QED) is 0.0854. The monoisotopic (exact) mass is 1110 g/mol. The number of nitrogens with zero attached hydrogens (tertiary/aromatic N) is 4. The smallest absolute Gasteiger partial charge is 0.179 e. The Morgan fingerprint density at radius 3 is 0.953 bits per heavy atom. The van der Waals surface area contributed by atoms with Crippen molar-refractivity contribution in [2.24, 2.45) is 0 Å². The predicted octanol–water partition coefficient (Wildman–Crippen LogP) is 17.7. The number of hydrogen-bond acceptors (Lipinski definition) is 3. The van der Waals surface area contributed by atoms with Crippen LogP contribution in [0.5, 0.6) is 0 Å². The van der Waals surface area contributed by atoms with Gasteiger partial charge in [-0.1, -0.05) is 297 Å². The van der Waals surface area contributed by atoms with Gasteiger partial charge in [0, 0.05) is 33.2 Å². The number of para-hydroxylation sites is 2. The van der Waals surface area contributed by atoms with E-state index in [1.807, 2.05) is 0 Å². The van der Waals surface area contributed by atoms with Gasteiger partial charge in [-0.05, 0) is 119 Å². The van der Waals surface area contributed by atoms with Crippen molar-refractivity contribution in [3.8, 4) is 95.5 Å². The van der Waals surface area contributed by atoms with E-state index < -0.39 is 8.07 Å². The minimum Gasteiger partial charge on any atom is -0.309 e. The van der Waals surface area contributed by atoms with Crippen molar-refractivity contribution in [1.29, 1.82) is 0 Å². The molecule has 15 rings (SSSR count). The van der Waals surface area contributed by atoms with E-state index in [1.165, 1.54) is 59.2 Å². The van der Waals surface area contributed by atoms with Gasteiger partial charge in [-0.2, -0.15) is 0 Å². The first-order valence-corrected chi connectivity index (χ1v) is 31.3. The molecule has 86 heavy (non-hydrogen) atoms. The van der Waals surface area contributed by atoms with Crippen molar-refractivity contribution in [2.45, 2.75) is 0 Å². The lowest BCUT2D eigenvalue weighted by Crippen LogP contribution is -2.74. The lowest BCUT2D eigenvalue weighted by Gasteiger charge is -2.34. The third kappa shape index (κ3) is 9.72. The van der Waals surface area contributed by atoms with Crippen LogP contribution in [0, 0.1) is 0 Å². The maximum atomic E-state index is 5.29. The molecule has 0 saturated heterocycles. The lowest BCUT2D eigenvalue weighted by molar-refractivity contribution is 1.07. The number of fused-ring (bicyclic) bond motifs is 3. The van der Waals surface area contributed by atoms with Gasteiger partial charge < -0.3 is 4.57 Å². The molecule has 0 aliphatic heterocycles. The number of aromatic nitrogens is 4. The molecule has 0 bridgehead atoms. The van der Waals surface area contributed by atoms with Crippen molar-refractivity contribution < 1.29 is 0 Å². The van der Waals surface area contributed by atoms with E-state index in [4.69, 9.17) is 15.0 Å². The van der Waals surface area contributed by atoms with E-state index >= 15 is 0 Å². The first kappa shape index (κ1) is 51.7. The van der Waals surface area contributed by atoms with Gasteiger partial charge >= 0.3 is 0 Å². The Hall–Kier alpha value is -11.1. The van der Waals surface area contributed by atoms with Crippen molar-refractivity contribution in [2.75, 3.05) is 0 Å². The molecule has 0 N–H and O–H groups in total. The Bertz CT molecular complexity index is 4760. The minimum absolute atomic E-state index is 0.600. The molecular weight excluding hydrogens is 1060 g/mol. The lowest BCUT2D eigenvalue weighted by atomic mass is 9.98. The Labute approximate surface area is 502 Å². The first-order valence-electron chi connectivity index (χ1n) is 29.3. The summed E-state index contributed by atoms with van der Waals surface area (Å²) >= 11 is 0. The second-order valence-electron chi connectivity index (χ2n) is 21.9. The van der Waals surface area contributed by atoms with Crippen LogP contribution in [0.3, 0.4) is 0 Å². The van der Waals surface area contributed by atoms with Crippen LogP contribution >= 0.6 is 0 Å². The fourth-order valence-corrected chi connectivity index (χ4v) is 17.4. The van der Waals surface area contributed by atoms with Crippen LogP contribution in [0.25, 0.3) is 117 Å². The van der Waals surface area contributed by atoms with Crippen LogP contribution in [-0.2, 0) is 0 Å². The van der Waals surface area contributed by atoms with Gasteiger partial charge in [-0.15, -0.1) is 0 Å². The molecule has 0 fully saturated rings. The highest BCUT2D eigenvalue weighted by molar-refractivity contribution is 7.19. The second-order valence-corrected chi connectivity index (χ2v) is 25.7. The maximum absolute atomic E-state index is 5.29. The summed E-state index contributed by atoms with van der Waals surface area (Å²) in [6.45, 7) is 0. The van der Waals surface area contributed by atoms with Crippen LogP contribution in [-0.4, -0.2) is 27.6 Å². The molecule has 5 heteroatoms. The van der Waals surface area contributed by atoms with Crippen LogP contribution in [0.4, 0.5) is 0 Å². The van der Waals surface area contributed by atoms with Crippen molar-refractivity contribution in [1.82, 2.24) is 19.5 Å². The molecule has 0 aliphatic rings. The summed E-state index contributed by atoms with van der Waals surface area (Å²) in [4.78, 5) is 15.8. The summed E-state index contributed by atoms with van der Waals surface area (Å²) in [5.41, 5.74) is 17.5. The van der Waals surface area contributed by atoms with E-state index in [0.29, 0.717) is 17.5 Å². The molecule has 4 nitrogen and oxygen atoms in total. The summed E-state index contributed by atoms with van der Waals surface area (Å²) in [5, 5.41) is 7.87. The summed E-state index contributed by atoms with van der Waals surface area (Å²) in [5.74, 6) is 1.80. The molecule has 0 atom stereocenters. The zero-order valence-electron chi connectivity index (χ0n) is 47.1. The molecule has 2 heterocycles. The van der Waals surface area contributed by atoms with Crippen LogP contribution in [0.1, 0.15) is 0 Å². The zero-order valence-corrected chi connectivity index (χ0v) is 48.1. The first-order chi connectivity index (χ1) is 42.6. The predicted molar refractivity (Wildman–Crippen MR) is 361 cm³/mol. The van der Waals surface area contributed by atoms with E-state index in [9.17, 15) is 0 Å². The number of rotatable bonds is 13. The topological polar surface area (TPSA) is 43.6 Å². The van der Waals surface area contributed by atoms with Crippen molar-refractivity contribution in [3.63, 3.8) is 0 Å². The van der Waals surface area contributed by atoms with E-state index in [-0.39, 0.29) is 0 Å². The van der Waals surface area contributed by atoms with E-state index in [1.54, 1.807) is 0 Å². The van der Waals surface area contributed by atoms with Crippen LogP contribution in [0.2, 0.25) is 0 Å². The van der Waals surface area contributed by atoms with E-state index in [2.05, 4.69) is 344 Å².